The molecule has 0 saturated carbocycles. The van der Waals surface area contributed by atoms with Crippen molar-refractivity contribution in [2.24, 2.45) is 0 Å². The number of benzene rings is 3. The summed E-state index contributed by atoms with van der Waals surface area (Å²) >= 11 is 0. The molecular weight excluding hydrogens is 1800 g/mol. The van der Waals surface area contributed by atoms with Crippen LogP contribution in [0.2, 0.25) is 0 Å². The molecule has 137 heavy (non-hydrogen) atoms. The highest BCUT2D eigenvalue weighted by molar-refractivity contribution is 7.92. The molecule has 0 radical (unpaired) electrons. The molecule has 1 unspecified atom stereocenters. The molecule has 16 rings (SSSR count). The minimum Gasteiger partial charge on any atom is -0.486 e. The SMILES string of the molecule is CC(C)(C)n1nnnc1CN1CCCCC1.CC(C)(C)n1nnnc1COc1ccc(P(C)(C)=O)cc1.CC(C)(C)n1nnnc1NCc1ccccc1.CC(C)(C)n1nnnc1NS(=O)(=O)c1ccccc1.CC(C)n1nnnc1-n1cccn1.CC(C)n1nnnc1C(=O)N1CCNCC1.CC(C)n1nnnc1NC(=O)c1cccnc1.CN1CCC(NC(=O)c2nnnn2C(C)(C)C)C1. The lowest BCUT2D eigenvalue weighted by Crippen LogP contribution is -2.47. The Balaban J connectivity index is 0.000000176. The molecular formula is C85H132N43O7PS. The Morgan fingerprint density at radius 1 is 0.511 bits per heavy atom. The van der Waals surface area contributed by atoms with Crippen LogP contribution in [0.15, 0.2) is 133 Å². The number of sulfonamides is 1. The van der Waals surface area contributed by atoms with Gasteiger partial charge in [0.15, 0.2) is 11.6 Å². The standard InChI is InChI=1S/C14H21N4O2P.C12H17N5.C11H20N6O.C11H15N5O2S.C11H21N5.C10H12N6O.C9H16N6O.C7H10N6/c1-14(2,3)18-13(15-16-17-18)10-20-11-6-8-12(9-7-11)21(4,5)19;1-12(2,3)17-11(14-15-16-17)13-9-10-7-5-4-6-8-10;1-11(2,3)17-9(13-14-15-17)10(18)12-8-5-6-16(4)7-8;1-11(2,3)16-10(12-14-15-16)13-19(17,18)9-7-5-4-6-8-9;1-11(2,3)16-10(12-13-14-16)9-15-7-5-4-6-8-15;1-7(2)16-10(13-14-15-16)12-9(17)8-4-3-5-11-6-8;1-7(2)15-8(11-12-13-15)9(16)14-5-3-10-4-6-14;1-6(2)13-7(9-10-11-13)12-5-3-4-8-12/h6-9H,10H2,1-5H3;4-8H,9H2,1-3H3,(H,13,14,16);8H,5-7H2,1-4H3,(H,12,18);4-8H,1-3H3,(H,12,13,15);4-9H2,1-3H3;3-7H,1-2H3,(H,12,13,15,17);7,10H,3-6H2,1-2H3;3-6H,1-2H3. The van der Waals surface area contributed by atoms with Gasteiger partial charge >= 0.3 is 0 Å². The number of carbonyl (C=O) groups excluding carboxylic acids is 3. The molecule has 3 aromatic carbocycles. The van der Waals surface area contributed by atoms with Gasteiger partial charge in [-0.25, -0.2) is 55.3 Å². The predicted molar refractivity (Wildman–Crippen MR) is 510 cm³/mol. The number of piperidine rings is 1. The molecule has 3 fully saturated rings. The van der Waals surface area contributed by atoms with Gasteiger partial charge in [-0.05, 0) is 348 Å². The smallest absolute Gasteiger partial charge is 0.293 e. The molecule has 5 N–H and O–H groups in total. The second kappa shape index (κ2) is 48.8. The summed E-state index contributed by atoms with van der Waals surface area (Å²) in [6, 6.07) is 31.3. The molecule has 52 heteroatoms. The van der Waals surface area contributed by atoms with Gasteiger partial charge in [0.1, 0.15) is 19.5 Å². The number of likely N-dealkylation sites (tertiary alicyclic amines) is 2. The van der Waals surface area contributed by atoms with Crippen molar-refractivity contribution in [2.75, 3.05) is 88.1 Å². The van der Waals surface area contributed by atoms with Crippen molar-refractivity contribution in [2.45, 2.75) is 248 Å². The Hall–Kier alpha value is -13.5. The highest BCUT2D eigenvalue weighted by Crippen LogP contribution is 2.35. The summed E-state index contributed by atoms with van der Waals surface area (Å²) in [5, 5.41) is 108. The maximum absolute atomic E-state index is 12.2. The number of ether oxygens (including phenoxy) is 1. The Kier molecular flexibility index (Phi) is 38.1. The maximum Gasteiger partial charge on any atom is 0.293 e. The van der Waals surface area contributed by atoms with Crippen LogP contribution in [-0.2, 0) is 62.0 Å². The fourth-order valence-corrected chi connectivity index (χ4v) is 15.0. The molecule has 50 nitrogen and oxygen atoms in total. The fourth-order valence-electron chi connectivity index (χ4n) is 13.1. The number of amides is 3. The van der Waals surface area contributed by atoms with Crippen molar-refractivity contribution < 1.29 is 32.1 Å². The van der Waals surface area contributed by atoms with Gasteiger partial charge in [0.25, 0.3) is 39.6 Å². The minimum absolute atomic E-state index is 0.0331. The van der Waals surface area contributed by atoms with Crippen molar-refractivity contribution in [1.29, 1.82) is 0 Å². The third-order valence-electron chi connectivity index (χ3n) is 20.2. The number of hydrogen-bond acceptors (Lipinski definition) is 37. The van der Waals surface area contributed by atoms with E-state index < -0.39 is 22.7 Å². The Bertz CT molecular complexity index is 5960. The van der Waals surface area contributed by atoms with E-state index in [2.05, 4.69) is 224 Å². The van der Waals surface area contributed by atoms with Crippen LogP contribution in [0.25, 0.3) is 5.95 Å². The van der Waals surface area contributed by atoms with Crippen LogP contribution in [0.5, 0.6) is 5.75 Å². The molecule has 10 aromatic heterocycles. The summed E-state index contributed by atoms with van der Waals surface area (Å²) in [7, 11) is -3.86. The van der Waals surface area contributed by atoms with Gasteiger partial charge < -0.3 is 35.1 Å². The first-order valence-corrected chi connectivity index (χ1v) is 49.1. The minimum atomic E-state index is -3.68. The predicted octanol–water partition coefficient (Wildman–Crippen LogP) is 7.44. The third kappa shape index (κ3) is 32.6. The summed E-state index contributed by atoms with van der Waals surface area (Å²) in [6.07, 6.45) is 11.5. The lowest BCUT2D eigenvalue weighted by Gasteiger charge is -2.27. The van der Waals surface area contributed by atoms with E-state index in [-0.39, 0.29) is 80.7 Å². The molecule has 0 spiro atoms. The Labute approximate surface area is 797 Å². The number of carbonyl (C=O) groups is 3. The summed E-state index contributed by atoms with van der Waals surface area (Å²) in [6.45, 7) is 54.7. The van der Waals surface area contributed by atoms with Crippen molar-refractivity contribution >= 4 is 58.0 Å². The molecule has 740 valence electrons. The lowest BCUT2D eigenvalue weighted by molar-refractivity contribution is 0.0714. The topological polar surface area (TPSA) is 561 Å². The molecule has 13 heterocycles. The summed E-state index contributed by atoms with van der Waals surface area (Å²) in [5.41, 5.74) is 0.600. The van der Waals surface area contributed by atoms with Gasteiger partial charge in [0.2, 0.25) is 23.5 Å². The summed E-state index contributed by atoms with van der Waals surface area (Å²) in [5.74, 6) is 4.15. The van der Waals surface area contributed by atoms with Crippen LogP contribution in [0.4, 0.5) is 17.8 Å². The number of hydrogen-bond donors (Lipinski definition) is 5. The highest BCUT2D eigenvalue weighted by atomic mass is 32.2. The van der Waals surface area contributed by atoms with Gasteiger partial charge in [0, 0.05) is 75.4 Å². The van der Waals surface area contributed by atoms with Gasteiger partial charge in [-0.15, -0.1) is 20.4 Å². The molecule has 13 aromatic rings. The van der Waals surface area contributed by atoms with E-state index in [1.54, 1.807) is 89.0 Å². The zero-order valence-corrected chi connectivity index (χ0v) is 84.5. The van der Waals surface area contributed by atoms with E-state index >= 15 is 0 Å². The van der Waals surface area contributed by atoms with E-state index in [9.17, 15) is 27.4 Å². The van der Waals surface area contributed by atoms with Crippen LogP contribution in [0.1, 0.15) is 238 Å². The normalized spacial score (nSPS) is 14.4. The number of pyridine rings is 1. The molecule has 0 bridgehead atoms. The molecule has 0 aliphatic carbocycles. The molecule has 3 saturated heterocycles. The second-order valence-electron chi connectivity index (χ2n) is 38.3. The number of anilines is 3. The lowest BCUT2D eigenvalue weighted by atomic mass is 10.1. The average Bonchev–Trinajstić information content (AvgIpc) is 1.60. The number of aromatic nitrogens is 35. The summed E-state index contributed by atoms with van der Waals surface area (Å²) < 4.78 is 59.3. The van der Waals surface area contributed by atoms with Crippen LogP contribution in [0, 0.1) is 0 Å². The van der Waals surface area contributed by atoms with Crippen LogP contribution in [0.3, 0.4) is 0 Å². The number of nitrogens with one attached hydrogen (secondary N) is 5. The molecule has 3 aliphatic rings. The third-order valence-corrected chi connectivity index (χ3v) is 23.1. The summed E-state index contributed by atoms with van der Waals surface area (Å²) in [4.78, 5) is 46.5. The fraction of sp³-hybridized carbons (Fsp3) is 0.565. The first-order chi connectivity index (χ1) is 64.7. The number of tetrazole rings is 8. The number of nitrogens with zero attached hydrogens (tertiary/aromatic N) is 38. The molecule has 3 aliphatic heterocycles. The van der Waals surface area contributed by atoms with Crippen molar-refractivity contribution in [3.63, 3.8) is 0 Å². The zero-order valence-electron chi connectivity index (χ0n) is 82.7. The zero-order chi connectivity index (χ0) is 100. The van der Waals surface area contributed by atoms with Crippen LogP contribution >= 0.6 is 7.14 Å². The molecule has 3 amide bonds. The van der Waals surface area contributed by atoms with Crippen LogP contribution < -0.4 is 36.0 Å². The first-order valence-electron chi connectivity index (χ1n) is 45.0. The Morgan fingerprint density at radius 3 is 1.58 bits per heavy atom. The van der Waals surface area contributed by atoms with Gasteiger partial charge in [-0.3, -0.25) is 29.6 Å². The Morgan fingerprint density at radius 2 is 1.02 bits per heavy atom. The van der Waals surface area contributed by atoms with Crippen molar-refractivity contribution in [3.8, 4) is 11.7 Å². The largest absolute Gasteiger partial charge is 0.486 e. The number of likely N-dealkylation sites (N-methyl/N-ethyl adjacent to an activating group) is 1. The van der Waals surface area contributed by atoms with Crippen molar-refractivity contribution in [3.05, 3.63) is 162 Å². The van der Waals surface area contributed by atoms with E-state index in [4.69, 9.17) is 4.74 Å². The quantitative estimate of drug-likeness (QED) is 0.0436. The number of piperazine rings is 1. The van der Waals surface area contributed by atoms with Gasteiger partial charge in [-0.1, -0.05) is 75.3 Å². The van der Waals surface area contributed by atoms with Crippen molar-refractivity contribution in [1.82, 2.24) is 202 Å². The van der Waals surface area contributed by atoms with E-state index in [1.165, 1.54) is 65.6 Å². The van der Waals surface area contributed by atoms with Gasteiger partial charge in [0.05, 0.1) is 62.8 Å². The monoisotopic (exact) mass is 1930 g/mol. The van der Waals surface area contributed by atoms with E-state index in [1.807, 2.05) is 170 Å². The first kappa shape index (κ1) is 107. The maximum atomic E-state index is 12.2. The highest BCUT2D eigenvalue weighted by Gasteiger charge is 2.32. The van der Waals surface area contributed by atoms with Gasteiger partial charge in [-0.2, -0.15) is 5.10 Å². The molecule has 1 atom stereocenters. The number of rotatable bonds is 21. The van der Waals surface area contributed by atoms with E-state index in [0.717, 1.165) is 56.8 Å². The van der Waals surface area contributed by atoms with Crippen LogP contribution in [-0.4, -0.2) is 296 Å². The van der Waals surface area contributed by atoms with E-state index in [0.29, 0.717) is 60.5 Å². The average molecular weight is 1930 g/mol. The second-order valence-corrected chi connectivity index (χ2v) is 43.2.